The molecule has 22 heavy (non-hydrogen) atoms. The summed E-state index contributed by atoms with van der Waals surface area (Å²) in [5.41, 5.74) is 7.48. The lowest BCUT2D eigenvalue weighted by molar-refractivity contribution is -0.141. The molecule has 0 unspecified atom stereocenters. The highest BCUT2D eigenvalue weighted by Gasteiger charge is 2.18. The number of esters is 1. The van der Waals surface area contributed by atoms with Crippen LogP contribution in [0.15, 0.2) is 23.1 Å². The Labute approximate surface area is 134 Å². The number of carbonyl (C=O) groups is 2. The minimum Gasteiger partial charge on any atom is -0.469 e. The summed E-state index contributed by atoms with van der Waals surface area (Å²) in [4.78, 5) is 23.7. The molecule has 0 fully saturated rings. The first-order chi connectivity index (χ1) is 10.4. The molecule has 1 aromatic carbocycles. The first-order valence-corrected chi connectivity index (χ1v) is 7.73. The Kier molecular flexibility index (Phi) is 7.20. The lowest BCUT2D eigenvalue weighted by Gasteiger charge is -2.18. The molecule has 0 radical (unpaired) electrons. The van der Waals surface area contributed by atoms with E-state index in [-0.39, 0.29) is 12.4 Å². The van der Waals surface area contributed by atoms with Crippen molar-refractivity contribution in [1.82, 2.24) is 0 Å². The van der Waals surface area contributed by atoms with Crippen molar-refractivity contribution in [2.45, 2.75) is 36.5 Å². The van der Waals surface area contributed by atoms with Crippen molar-refractivity contribution in [2.75, 3.05) is 19.5 Å². The summed E-state index contributed by atoms with van der Waals surface area (Å²) in [6.07, 6.45) is -0.485. The van der Waals surface area contributed by atoms with E-state index in [1.54, 1.807) is 23.9 Å². The Morgan fingerprint density at radius 1 is 1.27 bits per heavy atom. The van der Waals surface area contributed by atoms with Crippen molar-refractivity contribution < 1.29 is 19.1 Å². The van der Waals surface area contributed by atoms with Crippen molar-refractivity contribution in [3.8, 4) is 0 Å². The Hall–Kier alpha value is -1.73. The summed E-state index contributed by atoms with van der Waals surface area (Å²) in [6, 6.07) is 4.90. The molecule has 1 atom stereocenters. The molecule has 0 aliphatic heterocycles. The van der Waals surface area contributed by atoms with E-state index in [2.05, 4.69) is 28.6 Å². The van der Waals surface area contributed by atoms with E-state index in [0.717, 1.165) is 10.5 Å². The molecule has 122 valence electrons. The molecular weight excluding hydrogens is 304 g/mol. The van der Waals surface area contributed by atoms with Gasteiger partial charge in [-0.1, -0.05) is 13.8 Å². The van der Waals surface area contributed by atoms with E-state index < -0.39 is 12.1 Å². The average molecular weight is 326 g/mol. The van der Waals surface area contributed by atoms with Crippen LogP contribution >= 0.6 is 11.8 Å². The molecule has 7 heteroatoms. The third-order valence-corrected chi connectivity index (χ3v) is 3.92. The Morgan fingerprint density at radius 2 is 1.95 bits per heavy atom. The summed E-state index contributed by atoms with van der Waals surface area (Å²) >= 11 is 1.65. The van der Waals surface area contributed by atoms with E-state index in [9.17, 15) is 9.59 Å². The largest absolute Gasteiger partial charge is 0.469 e. The summed E-state index contributed by atoms with van der Waals surface area (Å²) in [5, 5.41) is 2.96. The molecule has 6 nitrogen and oxygen atoms in total. The van der Waals surface area contributed by atoms with Gasteiger partial charge >= 0.3 is 12.1 Å². The topological polar surface area (TPSA) is 90.6 Å². The van der Waals surface area contributed by atoms with Crippen LogP contribution in [0.4, 0.5) is 10.5 Å². The predicted octanol–water partition coefficient (Wildman–Crippen LogP) is 2.93. The summed E-state index contributed by atoms with van der Waals surface area (Å²) in [5.74, 6) is -0.376. The second-order valence-corrected chi connectivity index (χ2v) is 6.54. The number of hydrogen-bond acceptors (Lipinski definition) is 6. The van der Waals surface area contributed by atoms with Crippen molar-refractivity contribution in [3.63, 3.8) is 0 Å². The number of rotatable bonds is 6. The zero-order valence-electron chi connectivity index (χ0n) is 13.2. The normalized spacial score (nSPS) is 11.9. The monoisotopic (exact) mass is 326 g/mol. The first kappa shape index (κ1) is 18.3. The van der Waals surface area contributed by atoms with Crippen LogP contribution in [0.25, 0.3) is 0 Å². The van der Waals surface area contributed by atoms with Gasteiger partial charge in [-0.3, -0.25) is 10.1 Å². The number of methoxy groups -OCH3 is 2. The van der Waals surface area contributed by atoms with E-state index in [1.165, 1.54) is 14.2 Å². The minimum atomic E-state index is -0.559. The van der Waals surface area contributed by atoms with E-state index >= 15 is 0 Å². The standard InChI is InChI=1S/C15H22N2O4S/c1-9(2)22-13-6-5-10(17-15(19)21-4)7-11(13)12(16)8-14(18)20-3/h5-7,9,12H,8,16H2,1-4H3,(H,17,19)/t12-/m1/s1. The van der Waals surface area contributed by atoms with E-state index in [1.807, 2.05) is 6.07 Å². The molecule has 0 aliphatic rings. The third-order valence-electron chi connectivity index (χ3n) is 2.82. The highest BCUT2D eigenvalue weighted by atomic mass is 32.2. The highest BCUT2D eigenvalue weighted by Crippen LogP contribution is 2.33. The van der Waals surface area contributed by atoms with Gasteiger partial charge in [0.1, 0.15) is 0 Å². The van der Waals surface area contributed by atoms with Crippen molar-refractivity contribution in [2.24, 2.45) is 5.73 Å². The molecule has 0 bridgehead atoms. The number of thioether (sulfide) groups is 1. The van der Waals surface area contributed by atoms with Crippen LogP contribution in [0.5, 0.6) is 0 Å². The third kappa shape index (κ3) is 5.57. The Balaban J connectivity index is 3.07. The lowest BCUT2D eigenvalue weighted by Crippen LogP contribution is -2.18. The number of anilines is 1. The first-order valence-electron chi connectivity index (χ1n) is 6.85. The van der Waals surface area contributed by atoms with Crippen LogP contribution in [0.3, 0.4) is 0 Å². The Bertz CT molecular complexity index is 534. The number of ether oxygens (including phenoxy) is 2. The molecule has 0 heterocycles. The van der Waals surface area contributed by atoms with Gasteiger partial charge in [0.2, 0.25) is 0 Å². The lowest BCUT2D eigenvalue weighted by atomic mass is 10.0. The minimum absolute atomic E-state index is 0.0732. The molecule has 1 aromatic rings. The molecule has 0 aromatic heterocycles. The van der Waals surface area contributed by atoms with Crippen molar-refractivity contribution in [3.05, 3.63) is 23.8 Å². The molecular formula is C15H22N2O4S. The summed E-state index contributed by atoms with van der Waals surface area (Å²) in [6.45, 7) is 4.14. The zero-order chi connectivity index (χ0) is 16.7. The van der Waals surface area contributed by atoms with Crippen molar-refractivity contribution in [1.29, 1.82) is 0 Å². The molecule has 0 saturated heterocycles. The number of benzene rings is 1. The number of nitrogens with one attached hydrogen (secondary N) is 1. The fourth-order valence-corrected chi connectivity index (χ4v) is 2.82. The molecule has 0 aliphatic carbocycles. The van der Waals surface area contributed by atoms with Crippen LogP contribution in [0, 0.1) is 0 Å². The van der Waals surface area contributed by atoms with Gasteiger partial charge in [0.15, 0.2) is 0 Å². The van der Waals surface area contributed by atoms with Gasteiger partial charge < -0.3 is 15.2 Å². The van der Waals surface area contributed by atoms with Crippen LogP contribution in [0.2, 0.25) is 0 Å². The SMILES string of the molecule is COC(=O)C[C@@H](N)c1cc(NC(=O)OC)ccc1SC(C)C. The van der Waals surface area contributed by atoms with Gasteiger partial charge in [0.05, 0.1) is 20.6 Å². The van der Waals surface area contributed by atoms with Gasteiger partial charge in [0, 0.05) is 21.9 Å². The molecule has 1 amide bonds. The predicted molar refractivity (Wildman–Crippen MR) is 87.0 cm³/mol. The van der Waals surface area contributed by atoms with E-state index in [4.69, 9.17) is 5.73 Å². The van der Waals surface area contributed by atoms with Gasteiger partial charge in [-0.2, -0.15) is 0 Å². The maximum absolute atomic E-state index is 11.4. The smallest absolute Gasteiger partial charge is 0.411 e. The van der Waals surface area contributed by atoms with E-state index in [0.29, 0.717) is 10.9 Å². The fraction of sp³-hybridized carbons (Fsp3) is 0.467. The maximum Gasteiger partial charge on any atom is 0.411 e. The van der Waals surface area contributed by atoms with Gasteiger partial charge in [-0.15, -0.1) is 11.8 Å². The molecule has 3 N–H and O–H groups in total. The highest BCUT2D eigenvalue weighted by molar-refractivity contribution is 8.00. The summed E-state index contributed by atoms with van der Waals surface area (Å²) < 4.78 is 9.23. The molecule has 1 rings (SSSR count). The van der Waals surface area contributed by atoms with Crippen LogP contribution in [0.1, 0.15) is 31.9 Å². The second kappa shape index (κ2) is 8.65. The second-order valence-electron chi connectivity index (χ2n) is 4.92. The number of carbonyl (C=O) groups excluding carboxylic acids is 2. The number of nitrogens with two attached hydrogens (primary N) is 1. The summed E-state index contributed by atoms with van der Waals surface area (Å²) in [7, 11) is 2.62. The van der Waals surface area contributed by atoms with Crippen LogP contribution < -0.4 is 11.1 Å². The zero-order valence-corrected chi connectivity index (χ0v) is 14.0. The fourth-order valence-electron chi connectivity index (χ4n) is 1.82. The van der Waals surface area contributed by atoms with Crippen molar-refractivity contribution >= 4 is 29.5 Å². The van der Waals surface area contributed by atoms with Gasteiger partial charge in [-0.25, -0.2) is 4.79 Å². The maximum atomic E-state index is 11.4. The molecule has 0 saturated carbocycles. The van der Waals surface area contributed by atoms with Crippen LogP contribution in [-0.4, -0.2) is 31.5 Å². The number of hydrogen-bond donors (Lipinski definition) is 2. The molecule has 0 spiro atoms. The average Bonchev–Trinajstić information content (AvgIpc) is 2.47. The Morgan fingerprint density at radius 3 is 2.50 bits per heavy atom. The number of amides is 1. The quantitative estimate of drug-likeness (QED) is 0.617. The van der Waals surface area contributed by atoms with Gasteiger partial charge in [-0.05, 0) is 23.8 Å². The van der Waals surface area contributed by atoms with Crippen LogP contribution in [-0.2, 0) is 14.3 Å². The van der Waals surface area contributed by atoms with Gasteiger partial charge in [0.25, 0.3) is 0 Å².